The maximum atomic E-state index is 12.3. The van der Waals surface area contributed by atoms with E-state index >= 15 is 0 Å². The molecule has 1 rings (SSSR count). The zero-order valence-corrected chi connectivity index (χ0v) is 11.3. The van der Waals surface area contributed by atoms with Crippen molar-refractivity contribution < 1.29 is 18.6 Å². The number of anilines is 1. The first kappa shape index (κ1) is 15.7. The fraction of sp³-hybridized carbons (Fsp3) is 0.571. The average Bonchev–Trinajstić information content (AvgIpc) is 2.42. The SMILES string of the molecule is CCC(CC)(CO)CNc1ccccc1OC(F)F. The van der Waals surface area contributed by atoms with Gasteiger partial charge in [0.2, 0.25) is 0 Å². The lowest BCUT2D eigenvalue weighted by Gasteiger charge is -2.30. The number of rotatable bonds is 8. The highest BCUT2D eigenvalue weighted by Gasteiger charge is 2.25. The molecule has 0 aliphatic carbocycles. The molecule has 3 nitrogen and oxygen atoms in total. The summed E-state index contributed by atoms with van der Waals surface area (Å²) in [5, 5.41) is 12.6. The molecule has 0 saturated carbocycles. The maximum absolute atomic E-state index is 12.3. The minimum Gasteiger partial charge on any atom is -0.433 e. The molecule has 0 unspecified atom stereocenters. The van der Waals surface area contributed by atoms with Crippen LogP contribution in [0.5, 0.6) is 5.75 Å². The second-order valence-corrected chi connectivity index (χ2v) is 4.59. The number of ether oxygens (including phenoxy) is 1. The van der Waals surface area contributed by atoms with E-state index in [1.165, 1.54) is 6.07 Å². The molecule has 0 radical (unpaired) electrons. The predicted molar refractivity (Wildman–Crippen MR) is 71.7 cm³/mol. The van der Waals surface area contributed by atoms with Crippen LogP contribution in [0, 0.1) is 5.41 Å². The van der Waals surface area contributed by atoms with Gasteiger partial charge >= 0.3 is 6.61 Å². The molecular formula is C14H21F2NO2. The Bertz CT molecular complexity index is 373. The summed E-state index contributed by atoms with van der Waals surface area (Å²) in [6.07, 6.45) is 1.62. The van der Waals surface area contributed by atoms with E-state index in [-0.39, 0.29) is 17.8 Å². The Morgan fingerprint density at radius 1 is 1.26 bits per heavy atom. The molecule has 0 heterocycles. The van der Waals surface area contributed by atoms with Crippen molar-refractivity contribution in [2.24, 2.45) is 5.41 Å². The molecule has 0 spiro atoms. The Balaban J connectivity index is 2.76. The average molecular weight is 273 g/mol. The fourth-order valence-corrected chi connectivity index (χ4v) is 1.87. The number of hydrogen-bond acceptors (Lipinski definition) is 3. The van der Waals surface area contributed by atoms with Crippen molar-refractivity contribution in [1.82, 2.24) is 0 Å². The minimum atomic E-state index is -2.84. The van der Waals surface area contributed by atoms with E-state index in [0.29, 0.717) is 12.2 Å². The highest BCUT2D eigenvalue weighted by Crippen LogP contribution is 2.30. The molecule has 0 aliphatic rings. The van der Waals surface area contributed by atoms with Crippen molar-refractivity contribution in [2.45, 2.75) is 33.3 Å². The summed E-state index contributed by atoms with van der Waals surface area (Å²) in [6, 6.07) is 6.57. The van der Waals surface area contributed by atoms with Gasteiger partial charge in [0.1, 0.15) is 5.75 Å². The second kappa shape index (κ2) is 7.28. The van der Waals surface area contributed by atoms with Crippen molar-refractivity contribution in [3.63, 3.8) is 0 Å². The molecule has 19 heavy (non-hydrogen) atoms. The third-order valence-corrected chi connectivity index (χ3v) is 3.59. The minimum absolute atomic E-state index is 0.0604. The van der Waals surface area contributed by atoms with Crippen LogP contribution in [0.15, 0.2) is 24.3 Å². The third kappa shape index (κ3) is 4.35. The number of benzene rings is 1. The summed E-state index contributed by atoms with van der Waals surface area (Å²) in [5.41, 5.74) is 0.278. The van der Waals surface area contributed by atoms with Gasteiger partial charge in [-0.25, -0.2) is 0 Å². The lowest BCUT2D eigenvalue weighted by molar-refractivity contribution is -0.0494. The van der Waals surface area contributed by atoms with E-state index in [1.54, 1.807) is 18.2 Å². The van der Waals surface area contributed by atoms with Gasteiger partial charge in [0, 0.05) is 12.0 Å². The first-order valence-electron chi connectivity index (χ1n) is 6.45. The summed E-state index contributed by atoms with van der Waals surface area (Å²) in [6.45, 7) is 1.74. The summed E-state index contributed by atoms with van der Waals surface area (Å²) >= 11 is 0. The number of nitrogens with one attached hydrogen (secondary N) is 1. The molecule has 0 saturated heterocycles. The van der Waals surface area contributed by atoms with Gasteiger partial charge < -0.3 is 15.2 Å². The second-order valence-electron chi connectivity index (χ2n) is 4.59. The molecule has 1 aromatic carbocycles. The van der Waals surface area contributed by atoms with Gasteiger partial charge in [-0.2, -0.15) is 8.78 Å². The van der Waals surface area contributed by atoms with Crippen LogP contribution >= 0.6 is 0 Å². The molecule has 1 aromatic rings. The van der Waals surface area contributed by atoms with Crippen LogP contribution in [-0.4, -0.2) is 24.9 Å². The topological polar surface area (TPSA) is 41.5 Å². The number of hydrogen-bond donors (Lipinski definition) is 2. The number of halogens is 2. The van der Waals surface area contributed by atoms with E-state index in [9.17, 15) is 13.9 Å². The molecule has 0 aromatic heterocycles. The molecule has 5 heteroatoms. The van der Waals surface area contributed by atoms with Crippen molar-refractivity contribution >= 4 is 5.69 Å². The summed E-state index contributed by atoms with van der Waals surface area (Å²) < 4.78 is 29.0. The van der Waals surface area contributed by atoms with Gasteiger partial charge in [-0.3, -0.25) is 0 Å². The van der Waals surface area contributed by atoms with Crippen molar-refractivity contribution in [1.29, 1.82) is 0 Å². The van der Waals surface area contributed by atoms with Gasteiger partial charge in [0.15, 0.2) is 0 Å². The van der Waals surface area contributed by atoms with Crippen LogP contribution in [0.4, 0.5) is 14.5 Å². The quantitative estimate of drug-likeness (QED) is 0.761. The fourth-order valence-electron chi connectivity index (χ4n) is 1.87. The van der Waals surface area contributed by atoms with Gasteiger partial charge in [0.25, 0.3) is 0 Å². The van der Waals surface area contributed by atoms with Gasteiger partial charge in [-0.1, -0.05) is 26.0 Å². The van der Waals surface area contributed by atoms with Gasteiger partial charge in [0.05, 0.1) is 12.3 Å². The van der Waals surface area contributed by atoms with E-state index in [4.69, 9.17) is 0 Å². The normalized spacial score (nSPS) is 11.7. The summed E-state index contributed by atoms with van der Waals surface area (Å²) in [4.78, 5) is 0. The molecule has 0 bridgehead atoms. The van der Waals surface area contributed by atoms with Crippen molar-refractivity contribution in [2.75, 3.05) is 18.5 Å². The first-order chi connectivity index (χ1) is 9.06. The highest BCUT2D eigenvalue weighted by molar-refractivity contribution is 5.56. The van der Waals surface area contributed by atoms with Crippen LogP contribution in [0.1, 0.15) is 26.7 Å². The van der Waals surface area contributed by atoms with E-state index < -0.39 is 6.61 Å². The van der Waals surface area contributed by atoms with Crippen LogP contribution in [0.25, 0.3) is 0 Å². The van der Waals surface area contributed by atoms with Crippen LogP contribution in [0.3, 0.4) is 0 Å². The predicted octanol–water partition coefficient (Wildman–Crippen LogP) is 3.50. The van der Waals surface area contributed by atoms with Gasteiger partial charge in [-0.15, -0.1) is 0 Å². The Hall–Kier alpha value is -1.36. The first-order valence-corrected chi connectivity index (χ1v) is 6.45. The Kier molecular flexibility index (Phi) is 6.02. The number of alkyl halides is 2. The Labute approximate surface area is 112 Å². The molecular weight excluding hydrogens is 252 g/mol. The molecule has 0 fully saturated rings. The number of aliphatic hydroxyl groups is 1. The number of para-hydroxylation sites is 2. The zero-order valence-electron chi connectivity index (χ0n) is 11.3. The molecule has 0 atom stereocenters. The highest BCUT2D eigenvalue weighted by atomic mass is 19.3. The van der Waals surface area contributed by atoms with Crippen molar-refractivity contribution in [3.8, 4) is 5.75 Å². The lowest BCUT2D eigenvalue weighted by Crippen LogP contribution is -2.32. The van der Waals surface area contributed by atoms with Crippen LogP contribution in [0.2, 0.25) is 0 Å². The summed E-state index contributed by atoms with van der Waals surface area (Å²) in [5.74, 6) is 0.122. The number of aliphatic hydroxyl groups excluding tert-OH is 1. The lowest BCUT2D eigenvalue weighted by atomic mass is 9.83. The van der Waals surface area contributed by atoms with Gasteiger partial charge in [-0.05, 0) is 25.0 Å². The molecule has 0 aliphatic heterocycles. The van der Waals surface area contributed by atoms with E-state index in [2.05, 4.69) is 10.1 Å². The third-order valence-electron chi connectivity index (χ3n) is 3.59. The smallest absolute Gasteiger partial charge is 0.387 e. The van der Waals surface area contributed by atoms with Crippen molar-refractivity contribution in [3.05, 3.63) is 24.3 Å². The summed E-state index contributed by atoms with van der Waals surface area (Å²) in [7, 11) is 0. The van der Waals surface area contributed by atoms with Crippen LogP contribution in [-0.2, 0) is 0 Å². The Morgan fingerprint density at radius 3 is 2.42 bits per heavy atom. The standard InChI is InChI=1S/C14H21F2NO2/c1-3-14(4-2,10-18)9-17-11-7-5-6-8-12(11)19-13(15)16/h5-8,13,17-18H,3-4,9-10H2,1-2H3. The maximum Gasteiger partial charge on any atom is 0.387 e. The van der Waals surface area contributed by atoms with Crippen LogP contribution < -0.4 is 10.1 Å². The zero-order chi connectivity index (χ0) is 14.3. The van der Waals surface area contributed by atoms with E-state index in [1.807, 2.05) is 13.8 Å². The molecule has 108 valence electrons. The van der Waals surface area contributed by atoms with E-state index in [0.717, 1.165) is 12.8 Å². The molecule has 0 amide bonds. The monoisotopic (exact) mass is 273 g/mol. The Morgan fingerprint density at radius 2 is 1.89 bits per heavy atom. The largest absolute Gasteiger partial charge is 0.433 e. The molecule has 2 N–H and O–H groups in total.